The Bertz CT molecular complexity index is 492. The number of benzene rings is 1. The van der Waals surface area contributed by atoms with Crippen LogP contribution in [0.4, 0.5) is 0 Å². The first-order valence-corrected chi connectivity index (χ1v) is 7.69. The summed E-state index contributed by atoms with van der Waals surface area (Å²) in [6.45, 7) is 5.45. The van der Waals surface area contributed by atoms with Gasteiger partial charge in [-0.15, -0.1) is 0 Å². The fourth-order valence-electron chi connectivity index (χ4n) is 2.72. The van der Waals surface area contributed by atoms with Crippen molar-refractivity contribution in [2.75, 3.05) is 46.5 Å². The molecule has 0 aromatic heterocycles. The summed E-state index contributed by atoms with van der Waals surface area (Å²) in [7, 11) is 2.09. The lowest BCUT2D eigenvalue weighted by molar-refractivity contribution is 0.00883. The van der Waals surface area contributed by atoms with E-state index in [2.05, 4.69) is 17.3 Å². The number of nitrogens with zero attached hydrogens (tertiary/aromatic N) is 1. The Balaban J connectivity index is 1.62. The van der Waals surface area contributed by atoms with Gasteiger partial charge < -0.3 is 19.5 Å². The van der Waals surface area contributed by atoms with Gasteiger partial charge in [-0.1, -0.05) is 11.6 Å². The van der Waals surface area contributed by atoms with Crippen LogP contribution in [-0.4, -0.2) is 57.5 Å². The van der Waals surface area contributed by atoms with Gasteiger partial charge >= 0.3 is 0 Å². The molecule has 1 atom stereocenters. The van der Waals surface area contributed by atoms with E-state index < -0.39 is 0 Å². The first-order valence-electron chi connectivity index (χ1n) is 7.31. The summed E-state index contributed by atoms with van der Waals surface area (Å²) in [6.07, 6.45) is 0.247. The lowest BCUT2D eigenvalue weighted by Crippen LogP contribution is -2.44. The first-order chi connectivity index (χ1) is 10.2. The molecule has 1 N–H and O–H groups in total. The summed E-state index contributed by atoms with van der Waals surface area (Å²) in [5.41, 5.74) is 1.12. The molecule has 1 fully saturated rings. The standard InChI is InChI=1S/C15H21ClN2O3/c1-18(10-12-8-17-2-3-19-12)9-11-6-13(16)15-14(7-11)20-4-5-21-15/h6-7,12,17H,2-5,8-10H2,1H3. The Labute approximate surface area is 130 Å². The number of fused-ring (bicyclic) bond motifs is 1. The van der Waals surface area contributed by atoms with Crippen molar-refractivity contribution in [2.24, 2.45) is 0 Å². The van der Waals surface area contributed by atoms with Crippen LogP contribution in [0.2, 0.25) is 5.02 Å². The Kier molecular flexibility index (Phi) is 4.85. The number of morpholine rings is 1. The van der Waals surface area contributed by atoms with Crippen LogP contribution >= 0.6 is 11.6 Å². The second kappa shape index (κ2) is 6.83. The maximum Gasteiger partial charge on any atom is 0.179 e. The molecule has 2 heterocycles. The van der Waals surface area contributed by atoms with Crippen LogP contribution in [-0.2, 0) is 11.3 Å². The van der Waals surface area contributed by atoms with E-state index in [1.807, 2.05) is 12.1 Å². The SMILES string of the molecule is CN(Cc1cc(Cl)c2c(c1)OCCO2)CC1CNCCO1. The predicted octanol–water partition coefficient (Wildman–Crippen LogP) is 1.53. The summed E-state index contributed by atoms with van der Waals surface area (Å²) in [4.78, 5) is 2.24. The van der Waals surface area contributed by atoms with Crippen molar-refractivity contribution in [3.8, 4) is 11.5 Å². The van der Waals surface area contributed by atoms with Crippen LogP contribution < -0.4 is 14.8 Å². The van der Waals surface area contributed by atoms with E-state index in [1.165, 1.54) is 0 Å². The number of halogens is 1. The second-order valence-electron chi connectivity index (χ2n) is 5.50. The topological polar surface area (TPSA) is 43.0 Å². The largest absolute Gasteiger partial charge is 0.486 e. The van der Waals surface area contributed by atoms with Gasteiger partial charge in [-0.05, 0) is 24.7 Å². The molecule has 21 heavy (non-hydrogen) atoms. The van der Waals surface area contributed by atoms with Gasteiger partial charge in [0.15, 0.2) is 11.5 Å². The third-order valence-corrected chi connectivity index (χ3v) is 3.91. The van der Waals surface area contributed by atoms with Crippen molar-refractivity contribution >= 4 is 11.6 Å². The van der Waals surface area contributed by atoms with Gasteiger partial charge in [0.05, 0.1) is 17.7 Å². The highest BCUT2D eigenvalue weighted by Crippen LogP contribution is 2.38. The van der Waals surface area contributed by atoms with Crippen LogP contribution in [0.15, 0.2) is 12.1 Å². The molecule has 0 radical (unpaired) electrons. The summed E-state index contributed by atoms with van der Waals surface area (Å²) in [5, 5.41) is 3.96. The molecule has 1 aromatic rings. The molecular formula is C15H21ClN2O3. The van der Waals surface area contributed by atoms with Gasteiger partial charge in [0.2, 0.25) is 0 Å². The normalized spacial score (nSPS) is 21.6. The fourth-order valence-corrected chi connectivity index (χ4v) is 3.00. The Morgan fingerprint density at radius 2 is 2.14 bits per heavy atom. The molecule has 2 aliphatic rings. The molecule has 0 bridgehead atoms. The van der Waals surface area contributed by atoms with Crippen molar-refractivity contribution in [1.29, 1.82) is 0 Å². The van der Waals surface area contributed by atoms with E-state index in [1.54, 1.807) is 0 Å². The van der Waals surface area contributed by atoms with Gasteiger partial charge in [-0.25, -0.2) is 0 Å². The zero-order valence-corrected chi connectivity index (χ0v) is 13.0. The lowest BCUT2D eigenvalue weighted by Gasteiger charge is -2.28. The Morgan fingerprint density at radius 3 is 2.95 bits per heavy atom. The molecule has 0 aliphatic carbocycles. The van der Waals surface area contributed by atoms with Gasteiger partial charge in [0.25, 0.3) is 0 Å². The Hall–Kier alpha value is -1.01. The molecule has 6 heteroatoms. The number of likely N-dealkylation sites (N-methyl/N-ethyl adjacent to an activating group) is 1. The zero-order valence-electron chi connectivity index (χ0n) is 12.2. The maximum absolute atomic E-state index is 6.26. The molecule has 0 amide bonds. The molecule has 116 valence electrons. The summed E-state index contributed by atoms with van der Waals surface area (Å²) in [6, 6.07) is 3.96. The molecule has 3 rings (SSSR count). The minimum absolute atomic E-state index is 0.247. The Morgan fingerprint density at radius 1 is 1.29 bits per heavy atom. The number of nitrogens with one attached hydrogen (secondary N) is 1. The average Bonchev–Trinajstić information content (AvgIpc) is 2.48. The van der Waals surface area contributed by atoms with Crippen LogP contribution in [0, 0.1) is 0 Å². The molecule has 1 unspecified atom stereocenters. The van der Waals surface area contributed by atoms with Gasteiger partial charge in [-0.2, -0.15) is 0 Å². The molecular weight excluding hydrogens is 292 g/mol. The quantitative estimate of drug-likeness (QED) is 0.913. The van der Waals surface area contributed by atoms with Crippen LogP contribution in [0.25, 0.3) is 0 Å². The highest BCUT2D eigenvalue weighted by atomic mass is 35.5. The number of rotatable bonds is 4. The second-order valence-corrected chi connectivity index (χ2v) is 5.90. The smallest absolute Gasteiger partial charge is 0.179 e. The zero-order chi connectivity index (χ0) is 14.7. The summed E-state index contributed by atoms with van der Waals surface area (Å²) in [5.74, 6) is 1.40. The third-order valence-electron chi connectivity index (χ3n) is 3.63. The molecule has 2 aliphatic heterocycles. The summed E-state index contributed by atoms with van der Waals surface area (Å²) >= 11 is 6.26. The van der Waals surface area contributed by atoms with Crippen molar-refractivity contribution in [3.05, 3.63) is 22.7 Å². The van der Waals surface area contributed by atoms with E-state index in [0.717, 1.165) is 44.1 Å². The minimum atomic E-state index is 0.247. The lowest BCUT2D eigenvalue weighted by atomic mass is 10.1. The monoisotopic (exact) mass is 312 g/mol. The molecule has 1 aromatic carbocycles. The van der Waals surface area contributed by atoms with Crippen molar-refractivity contribution < 1.29 is 14.2 Å². The van der Waals surface area contributed by atoms with Crippen molar-refractivity contribution in [3.63, 3.8) is 0 Å². The van der Waals surface area contributed by atoms with Crippen LogP contribution in [0.5, 0.6) is 11.5 Å². The maximum atomic E-state index is 6.26. The van der Waals surface area contributed by atoms with E-state index >= 15 is 0 Å². The highest BCUT2D eigenvalue weighted by molar-refractivity contribution is 6.32. The van der Waals surface area contributed by atoms with Gasteiger partial charge in [-0.3, -0.25) is 4.90 Å². The fraction of sp³-hybridized carbons (Fsp3) is 0.600. The van der Waals surface area contributed by atoms with Gasteiger partial charge in [0.1, 0.15) is 13.2 Å². The van der Waals surface area contributed by atoms with E-state index in [9.17, 15) is 0 Å². The molecule has 1 saturated heterocycles. The van der Waals surface area contributed by atoms with E-state index in [0.29, 0.717) is 24.0 Å². The predicted molar refractivity (Wildman–Crippen MR) is 81.4 cm³/mol. The molecule has 0 spiro atoms. The number of ether oxygens (including phenoxy) is 3. The van der Waals surface area contributed by atoms with Gasteiger partial charge in [0, 0.05) is 26.2 Å². The highest BCUT2D eigenvalue weighted by Gasteiger charge is 2.19. The first kappa shape index (κ1) is 14.9. The molecule has 0 saturated carbocycles. The third kappa shape index (κ3) is 3.80. The van der Waals surface area contributed by atoms with Crippen molar-refractivity contribution in [2.45, 2.75) is 12.6 Å². The van der Waals surface area contributed by atoms with E-state index in [4.69, 9.17) is 25.8 Å². The molecule has 5 nitrogen and oxygen atoms in total. The minimum Gasteiger partial charge on any atom is -0.486 e. The average molecular weight is 313 g/mol. The van der Waals surface area contributed by atoms with Crippen LogP contribution in [0.3, 0.4) is 0 Å². The van der Waals surface area contributed by atoms with E-state index in [-0.39, 0.29) is 6.10 Å². The van der Waals surface area contributed by atoms with Crippen LogP contribution in [0.1, 0.15) is 5.56 Å². The number of hydrogen-bond donors (Lipinski definition) is 1. The van der Waals surface area contributed by atoms with Crippen molar-refractivity contribution in [1.82, 2.24) is 10.2 Å². The summed E-state index contributed by atoms with van der Waals surface area (Å²) < 4.78 is 16.9. The number of hydrogen-bond acceptors (Lipinski definition) is 5.